The van der Waals surface area contributed by atoms with Crippen molar-refractivity contribution in [2.75, 3.05) is 35.7 Å². The molecule has 2 fully saturated rings. The minimum absolute atomic E-state index is 0.547. The van der Waals surface area contributed by atoms with Crippen LogP contribution in [0.2, 0.25) is 0 Å². The van der Waals surface area contributed by atoms with E-state index in [2.05, 4.69) is 37.4 Å². The minimum atomic E-state index is 0.547. The molecule has 6 heteroatoms. The SMILES string of the molecule is CCCC1CC1Nc1nc(NC)nc(N2CCCCC2)n1. The number of hydrogen-bond acceptors (Lipinski definition) is 6. The van der Waals surface area contributed by atoms with Crippen molar-refractivity contribution in [3.63, 3.8) is 0 Å². The Morgan fingerprint density at radius 2 is 1.86 bits per heavy atom. The van der Waals surface area contributed by atoms with Gasteiger partial charge in [-0.15, -0.1) is 0 Å². The van der Waals surface area contributed by atoms with Crippen LogP contribution >= 0.6 is 0 Å². The molecule has 3 rings (SSSR count). The van der Waals surface area contributed by atoms with Crippen molar-refractivity contribution in [3.05, 3.63) is 0 Å². The molecule has 116 valence electrons. The van der Waals surface area contributed by atoms with Crippen LogP contribution in [0.1, 0.15) is 45.4 Å². The molecule has 1 saturated heterocycles. The molecule has 1 aliphatic carbocycles. The average molecular weight is 290 g/mol. The summed E-state index contributed by atoms with van der Waals surface area (Å²) in [7, 11) is 1.86. The average Bonchev–Trinajstić information content (AvgIpc) is 3.26. The van der Waals surface area contributed by atoms with Crippen molar-refractivity contribution < 1.29 is 0 Å². The van der Waals surface area contributed by atoms with Crippen LogP contribution in [-0.4, -0.2) is 41.1 Å². The largest absolute Gasteiger partial charge is 0.357 e. The van der Waals surface area contributed by atoms with E-state index in [4.69, 9.17) is 0 Å². The lowest BCUT2D eigenvalue weighted by molar-refractivity contribution is 0.567. The van der Waals surface area contributed by atoms with Gasteiger partial charge in [-0.3, -0.25) is 0 Å². The van der Waals surface area contributed by atoms with Crippen LogP contribution in [0.25, 0.3) is 0 Å². The van der Waals surface area contributed by atoms with Crippen molar-refractivity contribution in [1.29, 1.82) is 0 Å². The zero-order chi connectivity index (χ0) is 14.7. The van der Waals surface area contributed by atoms with Gasteiger partial charge in [0, 0.05) is 26.2 Å². The Morgan fingerprint density at radius 3 is 2.57 bits per heavy atom. The number of aromatic nitrogens is 3. The molecule has 1 aromatic heterocycles. The van der Waals surface area contributed by atoms with Crippen LogP contribution in [-0.2, 0) is 0 Å². The number of hydrogen-bond donors (Lipinski definition) is 2. The first-order valence-corrected chi connectivity index (χ1v) is 8.25. The quantitative estimate of drug-likeness (QED) is 0.839. The Hall–Kier alpha value is -1.59. The highest BCUT2D eigenvalue weighted by Crippen LogP contribution is 2.36. The summed E-state index contributed by atoms with van der Waals surface area (Å²) in [6.07, 6.45) is 7.55. The Bertz CT molecular complexity index is 471. The lowest BCUT2D eigenvalue weighted by Gasteiger charge is -2.26. The summed E-state index contributed by atoms with van der Waals surface area (Å²) in [4.78, 5) is 15.9. The van der Waals surface area contributed by atoms with E-state index in [1.165, 1.54) is 38.5 Å². The van der Waals surface area contributed by atoms with Gasteiger partial charge in [0.25, 0.3) is 0 Å². The molecule has 6 nitrogen and oxygen atoms in total. The minimum Gasteiger partial charge on any atom is -0.357 e. The molecule has 0 radical (unpaired) electrons. The van der Waals surface area contributed by atoms with E-state index in [1.54, 1.807) is 0 Å². The number of rotatable bonds is 6. The van der Waals surface area contributed by atoms with Gasteiger partial charge in [0.2, 0.25) is 17.8 Å². The number of anilines is 3. The summed E-state index contributed by atoms with van der Waals surface area (Å²) in [5, 5.41) is 6.52. The zero-order valence-electron chi connectivity index (χ0n) is 13.1. The predicted molar refractivity (Wildman–Crippen MR) is 85.9 cm³/mol. The van der Waals surface area contributed by atoms with Gasteiger partial charge >= 0.3 is 0 Å². The normalized spacial score (nSPS) is 24.8. The molecule has 1 saturated carbocycles. The molecule has 2 unspecified atom stereocenters. The first-order chi connectivity index (χ1) is 10.3. The zero-order valence-corrected chi connectivity index (χ0v) is 13.1. The maximum atomic E-state index is 4.63. The van der Waals surface area contributed by atoms with Crippen molar-refractivity contribution >= 4 is 17.8 Å². The lowest BCUT2D eigenvalue weighted by Crippen LogP contribution is -2.31. The van der Waals surface area contributed by atoms with Crippen molar-refractivity contribution in [2.45, 2.75) is 51.5 Å². The topological polar surface area (TPSA) is 66.0 Å². The van der Waals surface area contributed by atoms with Gasteiger partial charge in [-0.05, 0) is 38.0 Å². The smallest absolute Gasteiger partial charge is 0.231 e. The Morgan fingerprint density at radius 1 is 1.10 bits per heavy atom. The third kappa shape index (κ3) is 3.54. The highest BCUT2D eigenvalue weighted by Gasteiger charge is 2.36. The Labute approximate surface area is 126 Å². The summed E-state index contributed by atoms with van der Waals surface area (Å²) in [6, 6.07) is 0.547. The summed E-state index contributed by atoms with van der Waals surface area (Å²) in [5.41, 5.74) is 0. The molecule has 0 aromatic carbocycles. The molecule has 0 spiro atoms. The van der Waals surface area contributed by atoms with Gasteiger partial charge in [0.15, 0.2) is 0 Å². The van der Waals surface area contributed by atoms with E-state index >= 15 is 0 Å². The molecule has 0 amide bonds. The summed E-state index contributed by atoms with van der Waals surface area (Å²) in [5.74, 6) is 2.98. The van der Waals surface area contributed by atoms with Gasteiger partial charge in [0.05, 0.1) is 0 Å². The van der Waals surface area contributed by atoms with E-state index in [-0.39, 0.29) is 0 Å². The monoisotopic (exact) mass is 290 g/mol. The van der Waals surface area contributed by atoms with Gasteiger partial charge in [-0.25, -0.2) is 0 Å². The highest BCUT2D eigenvalue weighted by molar-refractivity contribution is 5.44. The van der Waals surface area contributed by atoms with E-state index < -0.39 is 0 Å². The molecular formula is C15H26N6. The second kappa shape index (κ2) is 6.45. The first-order valence-electron chi connectivity index (χ1n) is 8.25. The van der Waals surface area contributed by atoms with Crippen molar-refractivity contribution in [2.24, 2.45) is 5.92 Å². The van der Waals surface area contributed by atoms with E-state index in [9.17, 15) is 0 Å². The molecular weight excluding hydrogens is 264 g/mol. The summed E-state index contributed by atoms with van der Waals surface area (Å²) >= 11 is 0. The fourth-order valence-corrected chi connectivity index (χ4v) is 3.06. The summed E-state index contributed by atoms with van der Waals surface area (Å²) in [6.45, 7) is 4.34. The van der Waals surface area contributed by atoms with Crippen LogP contribution in [0.15, 0.2) is 0 Å². The van der Waals surface area contributed by atoms with Crippen LogP contribution in [0.5, 0.6) is 0 Å². The van der Waals surface area contributed by atoms with Gasteiger partial charge in [-0.2, -0.15) is 15.0 Å². The van der Waals surface area contributed by atoms with Crippen LogP contribution in [0.4, 0.5) is 17.8 Å². The van der Waals surface area contributed by atoms with Gasteiger partial charge < -0.3 is 15.5 Å². The molecule has 2 atom stereocenters. The molecule has 0 bridgehead atoms. The second-order valence-electron chi connectivity index (χ2n) is 6.12. The van der Waals surface area contributed by atoms with E-state index in [0.717, 1.165) is 30.9 Å². The fraction of sp³-hybridized carbons (Fsp3) is 0.800. The lowest BCUT2D eigenvalue weighted by atomic mass is 10.1. The molecule has 2 N–H and O–H groups in total. The first kappa shape index (κ1) is 14.4. The van der Waals surface area contributed by atoms with E-state index in [0.29, 0.717) is 12.0 Å². The predicted octanol–water partition coefficient (Wildman–Crippen LogP) is 2.50. The second-order valence-corrected chi connectivity index (χ2v) is 6.12. The standard InChI is InChI=1S/C15H26N6/c1-3-7-11-10-12(11)17-14-18-13(16-2)19-15(20-14)21-8-5-4-6-9-21/h11-12H,3-10H2,1-2H3,(H2,16,17,18,19,20). The third-order valence-electron chi connectivity index (χ3n) is 4.38. The van der Waals surface area contributed by atoms with Crippen LogP contribution < -0.4 is 15.5 Å². The number of nitrogens with one attached hydrogen (secondary N) is 2. The molecule has 1 aliphatic heterocycles. The van der Waals surface area contributed by atoms with Gasteiger partial charge in [-0.1, -0.05) is 13.3 Å². The highest BCUT2D eigenvalue weighted by atomic mass is 15.3. The molecule has 21 heavy (non-hydrogen) atoms. The molecule has 2 heterocycles. The number of nitrogens with zero attached hydrogens (tertiary/aromatic N) is 4. The van der Waals surface area contributed by atoms with Crippen LogP contribution in [0.3, 0.4) is 0 Å². The van der Waals surface area contributed by atoms with Gasteiger partial charge in [0.1, 0.15) is 0 Å². The molecule has 2 aliphatic rings. The van der Waals surface area contributed by atoms with E-state index in [1.807, 2.05) is 7.05 Å². The fourth-order valence-electron chi connectivity index (χ4n) is 3.06. The van der Waals surface area contributed by atoms with Crippen LogP contribution in [0, 0.1) is 5.92 Å². The Balaban J connectivity index is 1.71. The third-order valence-corrected chi connectivity index (χ3v) is 4.38. The van der Waals surface area contributed by atoms with Crippen molar-refractivity contribution in [1.82, 2.24) is 15.0 Å². The van der Waals surface area contributed by atoms with Crippen molar-refractivity contribution in [3.8, 4) is 0 Å². The number of piperidine rings is 1. The molecule has 1 aromatic rings. The maximum absolute atomic E-state index is 4.63. The maximum Gasteiger partial charge on any atom is 0.231 e. The summed E-state index contributed by atoms with van der Waals surface area (Å²) < 4.78 is 0. The Kier molecular flexibility index (Phi) is 4.41.